The minimum atomic E-state index is -1.80. The number of carbonyl (C=O) groups is 1. The van der Waals surface area contributed by atoms with Crippen LogP contribution in [-0.2, 0) is 4.79 Å². The molecule has 5 heteroatoms. The Morgan fingerprint density at radius 1 is 1.43 bits per heavy atom. The predicted molar refractivity (Wildman–Crippen MR) is 49.7 cm³/mol. The Labute approximate surface area is 83.0 Å². The van der Waals surface area contributed by atoms with Crippen LogP contribution in [0.3, 0.4) is 0 Å². The van der Waals surface area contributed by atoms with E-state index in [9.17, 15) is 20.1 Å². The number of aliphatic carboxylic acids is 1. The predicted octanol–water partition coefficient (Wildman–Crippen LogP) is -0.410. The van der Waals surface area contributed by atoms with Crippen molar-refractivity contribution in [1.29, 1.82) is 0 Å². The van der Waals surface area contributed by atoms with E-state index in [2.05, 4.69) is 0 Å². The van der Waals surface area contributed by atoms with Crippen molar-refractivity contribution < 1.29 is 25.2 Å². The first-order valence-electron chi connectivity index (χ1n) is 4.56. The van der Waals surface area contributed by atoms with Gasteiger partial charge in [0.25, 0.3) is 0 Å². The molecule has 84 valence electrons. The highest BCUT2D eigenvalue weighted by molar-refractivity contribution is 5.70. The van der Waals surface area contributed by atoms with E-state index in [1.165, 1.54) is 13.8 Å². The van der Waals surface area contributed by atoms with Gasteiger partial charge in [-0.2, -0.15) is 0 Å². The quantitative estimate of drug-likeness (QED) is 0.490. The molecule has 5 nitrogen and oxygen atoms in total. The lowest BCUT2D eigenvalue weighted by molar-refractivity contribution is -0.170. The van der Waals surface area contributed by atoms with Gasteiger partial charge in [0.2, 0.25) is 0 Å². The standard InChI is InChI=1S/C9H18O5/c1-4-6(10)9(3,14)7(11)5(2)8(12)13/h5-7,10-11,14H,4H2,1-3H3,(H,12,13)/t5-,6-,7-,9-/m1/s1. The Morgan fingerprint density at radius 2 is 1.86 bits per heavy atom. The molecule has 0 heterocycles. The summed E-state index contributed by atoms with van der Waals surface area (Å²) in [5, 5.41) is 37.2. The maximum atomic E-state index is 10.5. The van der Waals surface area contributed by atoms with Gasteiger partial charge in [0.15, 0.2) is 0 Å². The molecule has 0 rings (SSSR count). The molecule has 4 atom stereocenters. The van der Waals surface area contributed by atoms with E-state index < -0.39 is 29.7 Å². The normalized spacial score (nSPS) is 22.1. The van der Waals surface area contributed by atoms with E-state index in [1.807, 2.05) is 0 Å². The van der Waals surface area contributed by atoms with E-state index in [0.717, 1.165) is 0 Å². The van der Waals surface area contributed by atoms with Crippen LogP contribution in [0.5, 0.6) is 0 Å². The highest BCUT2D eigenvalue weighted by Crippen LogP contribution is 2.23. The summed E-state index contributed by atoms with van der Waals surface area (Å²) in [6, 6.07) is 0. The number of aliphatic hydroxyl groups is 3. The van der Waals surface area contributed by atoms with Crippen molar-refractivity contribution in [2.24, 2.45) is 5.92 Å². The average Bonchev–Trinajstić information content (AvgIpc) is 2.13. The Kier molecular flexibility index (Phi) is 4.51. The molecule has 0 amide bonds. The van der Waals surface area contributed by atoms with Crippen molar-refractivity contribution in [2.45, 2.75) is 45.0 Å². The Hall–Kier alpha value is -0.650. The molecule has 0 spiro atoms. The molecular formula is C9H18O5. The lowest BCUT2D eigenvalue weighted by Crippen LogP contribution is -2.53. The minimum Gasteiger partial charge on any atom is -0.481 e. The highest BCUT2D eigenvalue weighted by atomic mass is 16.4. The van der Waals surface area contributed by atoms with Crippen LogP contribution in [-0.4, -0.2) is 44.2 Å². The lowest BCUT2D eigenvalue weighted by Gasteiger charge is -2.35. The first kappa shape index (κ1) is 13.4. The van der Waals surface area contributed by atoms with Crippen LogP contribution in [0, 0.1) is 5.92 Å². The van der Waals surface area contributed by atoms with Gasteiger partial charge >= 0.3 is 5.97 Å². The zero-order valence-corrected chi connectivity index (χ0v) is 8.64. The van der Waals surface area contributed by atoms with Crippen LogP contribution in [0.15, 0.2) is 0 Å². The maximum Gasteiger partial charge on any atom is 0.308 e. The van der Waals surface area contributed by atoms with E-state index in [4.69, 9.17) is 5.11 Å². The van der Waals surface area contributed by atoms with Gasteiger partial charge in [-0.1, -0.05) is 6.92 Å². The van der Waals surface area contributed by atoms with Crippen LogP contribution in [0.4, 0.5) is 0 Å². The molecule has 0 bridgehead atoms. The molecule has 0 aromatic rings. The second-order valence-electron chi connectivity index (χ2n) is 3.72. The SMILES string of the molecule is CC[C@@H](O)[C@@](C)(O)[C@H](O)[C@@H](C)C(=O)O. The van der Waals surface area contributed by atoms with Crippen molar-refractivity contribution in [3.63, 3.8) is 0 Å². The molecular weight excluding hydrogens is 188 g/mol. The van der Waals surface area contributed by atoms with E-state index in [-0.39, 0.29) is 6.42 Å². The fourth-order valence-corrected chi connectivity index (χ4v) is 1.25. The van der Waals surface area contributed by atoms with Crippen LogP contribution in [0.1, 0.15) is 27.2 Å². The Bertz CT molecular complexity index is 201. The van der Waals surface area contributed by atoms with Gasteiger partial charge < -0.3 is 20.4 Å². The van der Waals surface area contributed by atoms with Gasteiger partial charge in [-0.3, -0.25) is 4.79 Å². The van der Waals surface area contributed by atoms with Gasteiger partial charge in [-0.15, -0.1) is 0 Å². The average molecular weight is 206 g/mol. The van der Waals surface area contributed by atoms with Gasteiger partial charge in [0.1, 0.15) is 5.60 Å². The van der Waals surface area contributed by atoms with Crippen molar-refractivity contribution in [3.05, 3.63) is 0 Å². The molecule has 0 saturated carbocycles. The summed E-state index contributed by atoms with van der Waals surface area (Å²) in [7, 11) is 0. The third-order valence-corrected chi connectivity index (χ3v) is 2.52. The zero-order chi connectivity index (χ0) is 11.5. The molecule has 0 fully saturated rings. The van der Waals surface area contributed by atoms with E-state index >= 15 is 0 Å². The number of hydrogen-bond donors (Lipinski definition) is 4. The molecule has 0 aromatic heterocycles. The molecule has 0 radical (unpaired) electrons. The number of carboxylic acid groups (broad SMARTS) is 1. The van der Waals surface area contributed by atoms with E-state index in [0.29, 0.717) is 0 Å². The summed E-state index contributed by atoms with van der Waals surface area (Å²) in [5.41, 5.74) is -1.80. The van der Waals surface area contributed by atoms with Crippen LogP contribution >= 0.6 is 0 Å². The largest absolute Gasteiger partial charge is 0.481 e. The Morgan fingerprint density at radius 3 is 2.14 bits per heavy atom. The first-order valence-corrected chi connectivity index (χ1v) is 4.56. The molecule has 0 aromatic carbocycles. The summed E-state index contributed by atoms with van der Waals surface area (Å²) < 4.78 is 0. The first-order chi connectivity index (χ1) is 6.25. The second-order valence-corrected chi connectivity index (χ2v) is 3.72. The fraction of sp³-hybridized carbons (Fsp3) is 0.889. The fourth-order valence-electron chi connectivity index (χ4n) is 1.25. The summed E-state index contributed by atoms with van der Waals surface area (Å²) in [4.78, 5) is 10.5. The molecule has 0 aliphatic heterocycles. The summed E-state index contributed by atoms with van der Waals surface area (Å²) >= 11 is 0. The van der Waals surface area contributed by atoms with Gasteiger partial charge in [0.05, 0.1) is 18.1 Å². The molecule has 14 heavy (non-hydrogen) atoms. The number of rotatable bonds is 5. The number of carboxylic acids is 1. The molecule has 4 N–H and O–H groups in total. The van der Waals surface area contributed by atoms with Gasteiger partial charge in [0, 0.05) is 0 Å². The highest BCUT2D eigenvalue weighted by Gasteiger charge is 2.42. The zero-order valence-electron chi connectivity index (χ0n) is 8.64. The molecule has 0 aliphatic rings. The smallest absolute Gasteiger partial charge is 0.308 e. The summed E-state index contributed by atoms with van der Waals surface area (Å²) in [6.07, 6.45) is -2.38. The van der Waals surface area contributed by atoms with Crippen molar-refractivity contribution in [1.82, 2.24) is 0 Å². The third kappa shape index (κ3) is 2.67. The monoisotopic (exact) mass is 206 g/mol. The summed E-state index contributed by atoms with van der Waals surface area (Å²) in [5.74, 6) is -2.33. The Balaban J connectivity index is 4.64. The number of aliphatic hydroxyl groups excluding tert-OH is 2. The number of hydrogen-bond acceptors (Lipinski definition) is 4. The topological polar surface area (TPSA) is 98.0 Å². The maximum absolute atomic E-state index is 10.5. The van der Waals surface area contributed by atoms with Crippen molar-refractivity contribution in [3.8, 4) is 0 Å². The third-order valence-electron chi connectivity index (χ3n) is 2.52. The van der Waals surface area contributed by atoms with Crippen LogP contribution in [0.2, 0.25) is 0 Å². The van der Waals surface area contributed by atoms with E-state index in [1.54, 1.807) is 6.92 Å². The minimum absolute atomic E-state index is 0.246. The summed E-state index contributed by atoms with van der Waals surface area (Å²) in [6.45, 7) is 4.15. The molecule has 0 saturated heterocycles. The molecule has 0 unspecified atom stereocenters. The van der Waals surface area contributed by atoms with Crippen LogP contribution in [0.25, 0.3) is 0 Å². The van der Waals surface area contributed by atoms with Crippen LogP contribution < -0.4 is 0 Å². The second kappa shape index (κ2) is 4.72. The van der Waals surface area contributed by atoms with Crippen molar-refractivity contribution >= 4 is 5.97 Å². The van der Waals surface area contributed by atoms with Gasteiger partial charge in [-0.25, -0.2) is 0 Å². The lowest BCUT2D eigenvalue weighted by atomic mass is 9.84. The van der Waals surface area contributed by atoms with Crippen molar-refractivity contribution in [2.75, 3.05) is 0 Å². The molecule has 0 aliphatic carbocycles. The van der Waals surface area contributed by atoms with Gasteiger partial charge in [-0.05, 0) is 20.3 Å².